The average Bonchev–Trinajstić information content (AvgIpc) is 3.85. The summed E-state index contributed by atoms with van der Waals surface area (Å²) in [5.74, 6) is 1.29. The molecule has 0 N–H and O–H groups in total. The average molecular weight is 797 g/mol. The maximum absolute atomic E-state index is 6.76. The third-order valence-corrected chi connectivity index (χ3v) is 16.7. The molecule has 10 rings (SSSR count). The lowest BCUT2D eigenvalue weighted by Crippen LogP contribution is -2.74. The van der Waals surface area contributed by atoms with Gasteiger partial charge in [0, 0.05) is 17.0 Å². The number of nitrogens with zero attached hydrogens (tertiary/aromatic N) is 4. The minimum atomic E-state index is -3.03. The number of pyridine rings is 1. The first kappa shape index (κ1) is 37.5. The Balaban J connectivity index is 1.23. The molecule has 0 aliphatic carbocycles. The van der Waals surface area contributed by atoms with E-state index in [0.717, 1.165) is 39.5 Å². The highest BCUT2D eigenvalue weighted by atomic mass is 28.3. The lowest BCUT2D eigenvalue weighted by molar-refractivity contribution is 0.0843. The van der Waals surface area contributed by atoms with Gasteiger partial charge in [0.15, 0.2) is 8.07 Å². The zero-order chi connectivity index (χ0) is 41.0. The van der Waals surface area contributed by atoms with E-state index in [1.165, 1.54) is 42.6 Å². The van der Waals surface area contributed by atoms with E-state index >= 15 is 0 Å². The van der Waals surface area contributed by atoms with Crippen LogP contribution in [0.1, 0.15) is 46.1 Å². The smallest absolute Gasteiger partial charge is 0.179 e. The Morgan fingerprint density at radius 1 is 0.533 bits per heavy atom. The summed E-state index contributed by atoms with van der Waals surface area (Å²) >= 11 is 0. The van der Waals surface area contributed by atoms with Gasteiger partial charge in [-0.15, -0.1) is 4.94 Å². The van der Waals surface area contributed by atoms with Crippen LogP contribution in [0.4, 0.5) is 17.1 Å². The first-order valence-electron chi connectivity index (χ1n) is 20.9. The van der Waals surface area contributed by atoms with Gasteiger partial charge in [0.1, 0.15) is 5.82 Å². The van der Waals surface area contributed by atoms with Crippen LogP contribution in [-0.4, -0.2) is 23.2 Å². The number of benzene rings is 7. The van der Waals surface area contributed by atoms with Gasteiger partial charge in [-0.2, -0.15) is 5.06 Å². The third-order valence-electron chi connectivity index (χ3n) is 12.0. The Morgan fingerprint density at radius 3 is 1.88 bits per heavy atom. The summed E-state index contributed by atoms with van der Waals surface area (Å²) in [6.07, 6.45) is 1.96. The molecule has 0 saturated heterocycles. The highest BCUT2D eigenvalue weighted by Gasteiger charge is 2.43. The number of hydrogen-bond donors (Lipinski definition) is 0. The van der Waals surface area contributed by atoms with Crippen LogP contribution in [0.25, 0.3) is 38.8 Å². The molecule has 7 aromatic carbocycles. The van der Waals surface area contributed by atoms with Gasteiger partial charge in [0.05, 0.1) is 33.6 Å². The number of hydroxylamine groups is 1. The second-order valence-electron chi connectivity index (χ2n) is 17.1. The number of anilines is 3. The lowest BCUT2D eigenvalue weighted by Gasteiger charge is -2.35. The fourth-order valence-electron chi connectivity index (χ4n) is 9.31. The molecule has 0 unspecified atom stereocenters. The van der Waals surface area contributed by atoms with E-state index in [-0.39, 0.29) is 5.54 Å². The van der Waals surface area contributed by atoms with Gasteiger partial charge in [-0.1, -0.05) is 153 Å². The molecule has 9 aromatic rings. The second kappa shape index (κ2) is 14.8. The largest absolute Gasteiger partial charge is 0.294 e. The zero-order valence-electron chi connectivity index (χ0n) is 34.7. The molecule has 0 atom stereocenters. The Labute approximate surface area is 353 Å². The van der Waals surface area contributed by atoms with Crippen molar-refractivity contribution < 1.29 is 4.94 Å². The van der Waals surface area contributed by atoms with Crippen molar-refractivity contribution in [3.63, 3.8) is 0 Å². The maximum atomic E-state index is 6.76. The first-order chi connectivity index (χ1) is 29.2. The van der Waals surface area contributed by atoms with Crippen LogP contribution in [0.15, 0.2) is 194 Å². The summed E-state index contributed by atoms with van der Waals surface area (Å²) in [6, 6.07) is 68.9. The van der Waals surface area contributed by atoms with Crippen molar-refractivity contribution in [1.82, 2.24) is 9.55 Å². The third kappa shape index (κ3) is 6.14. The second-order valence-corrected chi connectivity index (χ2v) is 20.9. The van der Waals surface area contributed by atoms with Gasteiger partial charge in [0.25, 0.3) is 0 Å². The van der Waals surface area contributed by atoms with Gasteiger partial charge < -0.3 is 0 Å². The van der Waals surface area contributed by atoms with Gasteiger partial charge in [0.2, 0.25) is 0 Å². The topological polar surface area (TPSA) is 33.5 Å². The number of hydrogen-bond acceptors (Lipinski definition) is 4. The fraction of sp³-hybridized carbons (Fsp3) is 0.130. The normalized spacial score (nSPS) is 13.1. The van der Waals surface area contributed by atoms with E-state index in [1.807, 2.05) is 16.3 Å². The molecular weight excluding hydrogens is 749 g/mol. The van der Waals surface area contributed by atoms with Crippen molar-refractivity contribution in [2.24, 2.45) is 0 Å². The Bertz CT molecular complexity index is 2970. The molecule has 0 saturated carbocycles. The molecule has 0 radical (unpaired) electrons. The van der Waals surface area contributed by atoms with E-state index in [9.17, 15) is 0 Å². The summed E-state index contributed by atoms with van der Waals surface area (Å²) in [5, 5.41) is 11.6. The molecule has 2 aromatic heterocycles. The minimum absolute atomic E-state index is 0.255. The molecule has 0 bridgehead atoms. The van der Waals surface area contributed by atoms with Crippen LogP contribution >= 0.6 is 0 Å². The molecule has 6 heteroatoms. The van der Waals surface area contributed by atoms with E-state index in [1.54, 1.807) is 0 Å². The molecular formula is C54H48N4OSi. The molecule has 3 heterocycles. The standard InChI is InChI=1S/C54H48N4OSi/c1-38(2)45-25-12-13-26-46(45)39-33-34-55-53(35-39)56-49-28-15-14-27-47(49)48-32-31-44(37-52(48)56)60(41-20-8-6-9-21-41,42-22-10-7-11-23-42)43-24-18-19-40(36-43)57-50-29-16-17-30-51(50)58(59-57)54(3,4)5/h6-38H,1-5H3. The van der Waals surface area contributed by atoms with Crippen molar-refractivity contribution >= 4 is 67.7 Å². The van der Waals surface area contributed by atoms with Crippen molar-refractivity contribution in [3.05, 3.63) is 200 Å². The number of rotatable bonds is 8. The highest BCUT2D eigenvalue weighted by molar-refractivity contribution is 7.20. The Morgan fingerprint density at radius 2 is 1.15 bits per heavy atom. The first-order valence-corrected chi connectivity index (χ1v) is 22.9. The van der Waals surface area contributed by atoms with Crippen LogP contribution in [0, 0.1) is 0 Å². The predicted octanol–water partition coefficient (Wildman–Crippen LogP) is 10.9. The summed E-state index contributed by atoms with van der Waals surface area (Å²) in [4.78, 5) is 11.9. The van der Waals surface area contributed by atoms with Crippen LogP contribution in [0.5, 0.6) is 0 Å². The van der Waals surface area contributed by atoms with Crippen LogP contribution in [-0.2, 0) is 4.94 Å². The zero-order valence-corrected chi connectivity index (χ0v) is 35.7. The monoisotopic (exact) mass is 796 g/mol. The molecule has 1 aliphatic heterocycles. The van der Waals surface area contributed by atoms with Gasteiger partial charge >= 0.3 is 0 Å². The summed E-state index contributed by atoms with van der Waals surface area (Å²) in [6.45, 7) is 11.1. The molecule has 1 aliphatic rings. The minimum Gasteiger partial charge on any atom is -0.294 e. The van der Waals surface area contributed by atoms with E-state index in [4.69, 9.17) is 9.92 Å². The lowest BCUT2D eigenvalue weighted by atomic mass is 9.93. The highest BCUT2D eigenvalue weighted by Crippen LogP contribution is 2.44. The molecule has 0 fully saturated rings. The Kier molecular flexibility index (Phi) is 9.27. The van der Waals surface area contributed by atoms with Crippen molar-refractivity contribution in [3.8, 4) is 16.9 Å². The van der Waals surface area contributed by atoms with Crippen LogP contribution < -0.4 is 30.9 Å². The molecule has 60 heavy (non-hydrogen) atoms. The van der Waals surface area contributed by atoms with Crippen LogP contribution in [0.2, 0.25) is 0 Å². The number of para-hydroxylation sites is 3. The van der Waals surface area contributed by atoms with Gasteiger partial charge in [-0.25, -0.2) is 10.0 Å². The van der Waals surface area contributed by atoms with Crippen molar-refractivity contribution in [2.75, 3.05) is 10.1 Å². The summed E-state index contributed by atoms with van der Waals surface area (Å²) in [5.41, 5.74) is 8.80. The molecule has 0 amide bonds. The SMILES string of the molecule is CC(C)c1ccccc1-c1ccnc(-n2c3ccccc3c3ccc([Si](c4ccccc4)(c4ccccc4)c4cccc(N5ON(C(C)(C)C)c6ccccc65)c4)cc32)c1. The summed E-state index contributed by atoms with van der Waals surface area (Å²) < 4.78 is 2.37. The fourth-order valence-corrected chi connectivity index (χ4v) is 14.1. The van der Waals surface area contributed by atoms with Crippen LogP contribution in [0.3, 0.4) is 0 Å². The Hall–Kier alpha value is -6.73. The van der Waals surface area contributed by atoms with E-state index < -0.39 is 8.07 Å². The molecule has 0 spiro atoms. The quantitative estimate of drug-likeness (QED) is 0.113. The molecule has 294 valence electrons. The predicted molar refractivity (Wildman–Crippen MR) is 254 cm³/mol. The van der Waals surface area contributed by atoms with E-state index in [0.29, 0.717) is 5.92 Å². The van der Waals surface area contributed by atoms with Gasteiger partial charge in [-0.05, 0) is 113 Å². The molecule has 5 nitrogen and oxygen atoms in total. The maximum Gasteiger partial charge on any atom is 0.179 e. The van der Waals surface area contributed by atoms with Gasteiger partial charge in [-0.3, -0.25) is 4.57 Å². The number of aromatic nitrogens is 2. The van der Waals surface area contributed by atoms with E-state index in [2.05, 4.69) is 227 Å². The van der Waals surface area contributed by atoms with Crippen molar-refractivity contribution in [2.45, 2.75) is 46.1 Å². The number of fused-ring (bicyclic) bond motifs is 4. The van der Waals surface area contributed by atoms with Crippen molar-refractivity contribution in [1.29, 1.82) is 0 Å². The summed E-state index contributed by atoms with van der Waals surface area (Å²) in [7, 11) is -3.03.